The van der Waals surface area contributed by atoms with Gasteiger partial charge < -0.3 is 9.84 Å². The standard InChI is InChI=1S/C17H13N3O2S2/c1-10-6-7-15(24-10)13-9-23-17(18-13)19-16(21)8-12-11-4-2-3-5-14(11)22-20-12/h2-7,9H,8H2,1H3,(H,18,19,21). The van der Waals surface area contributed by atoms with E-state index >= 15 is 0 Å². The summed E-state index contributed by atoms with van der Waals surface area (Å²) in [5.74, 6) is -0.155. The molecule has 4 aromatic rings. The predicted octanol–water partition coefficient (Wildman–Crippen LogP) is 4.50. The number of nitrogens with zero attached hydrogens (tertiary/aromatic N) is 2. The lowest BCUT2D eigenvalue weighted by Gasteiger charge is -1.99. The third kappa shape index (κ3) is 2.95. The van der Waals surface area contributed by atoms with Crippen molar-refractivity contribution in [3.05, 3.63) is 52.3 Å². The van der Waals surface area contributed by atoms with E-state index in [1.54, 1.807) is 11.3 Å². The van der Waals surface area contributed by atoms with Crippen LogP contribution in [0.25, 0.3) is 21.5 Å². The summed E-state index contributed by atoms with van der Waals surface area (Å²) in [6, 6.07) is 11.6. The first-order valence-corrected chi connectivity index (χ1v) is 9.04. The second-order valence-electron chi connectivity index (χ2n) is 5.30. The molecule has 0 aliphatic heterocycles. The fourth-order valence-electron chi connectivity index (χ4n) is 2.40. The van der Waals surface area contributed by atoms with Crippen molar-refractivity contribution in [3.8, 4) is 10.6 Å². The molecule has 3 heterocycles. The highest BCUT2D eigenvalue weighted by molar-refractivity contribution is 7.17. The monoisotopic (exact) mass is 355 g/mol. The van der Waals surface area contributed by atoms with Crippen LogP contribution < -0.4 is 5.32 Å². The van der Waals surface area contributed by atoms with Gasteiger partial charge in [0.05, 0.1) is 17.0 Å². The van der Waals surface area contributed by atoms with Gasteiger partial charge in [-0.3, -0.25) is 4.79 Å². The molecule has 3 aromatic heterocycles. The molecule has 5 nitrogen and oxygen atoms in total. The Morgan fingerprint density at radius 3 is 2.96 bits per heavy atom. The largest absolute Gasteiger partial charge is 0.356 e. The molecule has 0 saturated heterocycles. The van der Waals surface area contributed by atoms with Crippen LogP contribution in [0.4, 0.5) is 5.13 Å². The van der Waals surface area contributed by atoms with Gasteiger partial charge in [0.1, 0.15) is 5.69 Å². The zero-order valence-electron chi connectivity index (χ0n) is 12.8. The Balaban J connectivity index is 1.47. The topological polar surface area (TPSA) is 68.0 Å². The van der Waals surface area contributed by atoms with Crippen molar-refractivity contribution < 1.29 is 9.32 Å². The number of thiophene rings is 1. The van der Waals surface area contributed by atoms with E-state index in [2.05, 4.69) is 28.4 Å². The Kier molecular flexibility index (Phi) is 3.87. The molecule has 0 unspecified atom stereocenters. The van der Waals surface area contributed by atoms with E-state index in [1.165, 1.54) is 16.2 Å². The van der Waals surface area contributed by atoms with Crippen LogP contribution >= 0.6 is 22.7 Å². The number of carbonyl (C=O) groups excluding carboxylic acids is 1. The van der Waals surface area contributed by atoms with Crippen molar-refractivity contribution in [2.75, 3.05) is 5.32 Å². The van der Waals surface area contributed by atoms with Crippen molar-refractivity contribution in [1.29, 1.82) is 0 Å². The second kappa shape index (κ2) is 6.18. The zero-order valence-corrected chi connectivity index (χ0v) is 14.4. The first kappa shape index (κ1) is 15.0. The van der Waals surface area contributed by atoms with Gasteiger partial charge in [-0.25, -0.2) is 4.98 Å². The molecule has 0 saturated carbocycles. The van der Waals surface area contributed by atoms with Gasteiger partial charge in [-0.2, -0.15) is 0 Å². The highest BCUT2D eigenvalue weighted by Gasteiger charge is 2.14. The lowest BCUT2D eigenvalue weighted by Crippen LogP contribution is -2.14. The zero-order chi connectivity index (χ0) is 16.5. The van der Waals surface area contributed by atoms with E-state index in [0.717, 1.165) is 16.0 Å². The van der Waals surface area contributed by atoms with Crippen molar-refractivity contribution in [2.24, 2.45) is 0 Å². The second-order valence-corrected chi connectivity index (χ2v) is 7.44. The van der Waals surface area contributed by atoms with Crippen LogP contribution in [-0.2, 0) is 11.2 Å². The number of aromatic nitrogens is 2. The summed E-state index contributed by atoms with van der Waals surface area (Å²) in [6.45, 7) is 2.06. The van der Waals surface area contributed by atoms with Gasteiger partial charge in [0, 0.05) is 15.6 Å². The number of anilines is 1. The minimum absolute atomic E-state index is 0.155. The van der Waals surface area contributed by atoms with Crippen molar-refractivity contribution in [1.82, 2.24) is 10.1 Å². The van der Waals surface area contributed by atoms with E-state index < -0.39 is 0 Å². The number of thiazole rings is 1. The van der Waals surface area contributed by atoms with Gasteiger partial charge in [-0.1, -0.05) is 17.3 Å². The maximum Gasteiger partial charge on any atom is 0.232 e. The highest BCUT2D eigenvalue weighted by atomic mass is 32.1. The Morgan fingerprint density at radius 1 is 1.25 bits per heavy atom. The summed E-state index contributed by atoms with van der Waals surface area (Å²) in [5, 5.41) is 10.2. The quantitative estimate of drug-likeness (QED) is 0.585. The molecule has 0 aliphatic carbocycles. The predicted molar refractivity (Wildman–Crippen MR) is 96.5 cm³/mol. The third-order valence-electron chi connectivity index (χ3n) is 3.52. The SMILES string of the molecule is Cc1ccc(-c2csc(NC(=O)Cc3noc4ccccc34)n2)s1. The maximum absolute atomic E-state index is 12.2. The van der Waals surface area contributed by atoms with E-state index in [1.807, 2.05) is 35.7 Å². The molecule has 7 heteroatoms. The van der Waals surface area contributed by atoms with Crippen LogP contribution in [-0.4, -0.2) is 16.0 Å². The first-order valence-electron chi connectivity index (χ1n) is 7.34. The summed E-state index contributed by atoms with van der Waals surface area (Å²) in [5.41, 5.74) is 2.21. The van der Waals surface area contributed by atoms with Crippen molar-refractivity contribution in [3.63, 3.8) is 0 Å². The Bertz CT molecular complexity index is 1020. The number of para-hydroxylation sites is 1. The van der Waals surface area contributed by atoms with Crippen LogP contribution in [0.1, 0.15) is 10.6 Å². The van der Waals surface area contributed by atoms with E-state index in [4.69, 9.17) is 4.52 Å². The lowest BCUT2D eigenvalue weighted by molar-refractivity contribution is -0.115. The van der Waals surface area contributed by atoms with Crippen molar-refractivity contribution >= 4 is 44.7 Å². The average molecular weight is 355 g/mol. The van der Waals surface area contributed by atoms with Gasteiger partial charge in [0.2, 0.25) is 5.91 Å². The number of hydrogen-bond donors (Lipinski definition) is 1. The van der Waals surface area contributed by atoms with E-state index in [0.29, 0.717) is 16.4 Å². The fourth-order valence-corrected chi connectivity index (χ4v) is 4.03. The number of rotatable bonds is 4. The minimum atomic E-state index is -0.155. The molecule has 0 bridgehead atoms. The molecule has 24 heavy (non-hydrogen) atoms. The molecule has 0 fully saturated rings. The summed E-state index contributed by atoms with van der Waals surface area (Å²) in [6.07, 6.45) is 0.157. The number of aryl methyl sites for hydroxylation is 1. The third-order valence-corrected chi connectivity index (χ3v) is 5.30. The minimum Gasteiger partial charge on any atom is -0.356 e. The van der Waals surface area contributed by atoms with Crippen LogP contribution in [0.3, 0.4) is 0 Å². The molecule has 1 aromatic carbocycles. The molecule has 0 aliphatic rings. The van der Waals surface area contributed by atoms with Crippen LogP contribution in [0.5, 0.6) is 0 Å². The van der Waals surface area contributed by atoms with E-state index in [-0.39, 0.29) is 12.3 Å². The van der Waals surface area contributed by atoms with Gasteiger partial charge in [-0.05, 0) is 31.2 Å². The van der Waals surface area contributed by atoms with Gasteiger partial charge in [0.25, 0.3) is 0 Å². The number of benzene rings is 1. The molecular formula is C17H13N3O2S2. The maximum atomic E-state index is 12.2. The number of hydrogen-bond acceptors (Lipinski definition) is 6. The Labute approximate surface area is 145 Å². The number of amides is 1. The van der Waals surface area contributed by atoms with E-state index in [9.17, 15) is 4.79 Å². The molecule has 0 atom stereocenters. The summed E-state index contributed by atoms with van der Waals surface area (Å²) in [7, 11) is 0. The number of carbonyl (C=O) groups is 1. The fraction of sp³-hybridized carbons (Fsp3) is 0.118. The summed E-state index contributed by atoms with van der Waals surface area (Å²) < 4.78 is 5.22. The summed E-state index contributed by atoms with van der Waals surface area (Å²) in [4.78, 5) is 19.1. The molecular weight excluding hydrogens is 342 g/mol. The Hall–Kier alpha value is -2.51. The molecule has 0 spiro atoms. The molecule has 120 valence electrons. The Morgan fingerprint density at radius 2 is 2.12 bits per heavy atom. The van der Waals surface area contributed by atoms with Crippen LogP contribution in [0.2, 0.25) is 0 Å². The average Bonchev–Trinajstić information content (AvgIpc) is 3.28. The molecule has 1 N–H and O–H groups in total. The first-order chi connectivity index (χ1) is 11.7. The van der Waals surface area contributed by atoms with Gasteiger partial charge in [-0.15, -0.1) is 22.7 Å². The van der Waals surface area contributed by atoms with Gasteiger partial charge >= 0.3 is 0 Å². The van der Waals surface area contributed by atoms with Crippen molar-refractivity contribution in [2.45, 2.75) is 13.3 Å². The van der Waals surface area contributed by atoms with Crippen LogP contribution in [0, 0.1) is 6.92 Å². The molecule has 4 rings (SSSR count). The molecule has 0 radical (unpaired) electrons. The number of fused-ring (bicyclic) bond motifs is 1. The number of nitrogens with one attached hydrogen (secondary N) is 1. The highest BCUT2D eigenvalue weighted by Crippen LogP contribution is 2.30. The smallest absolute Gasteiger partial charge is 0.232 e. The van der Waals surface area contributed by atoms with Crippen LogP contribution in [0.15, 0.2) is 46.3 Å². The summed E-state index contributed by atoms with van der Waals surface area (Å²) >= 11 is 3.11. The van der Waals surface area contributed by atoms with Gasteiger partial charge in [0.15, 0.2) is 10.7 Å². The molecule has 1 amide bonds. The lowest BCUT2D eigenvalue weighted by atomic mass is 10.2. The normalized spacial score (nSPS) is 11.0.